The molecule has 3 heteroatoms. The van der Waals surface area contributed by atoms with E-state index >= 15 is 0 Å². The molecule has 4 aliphatic rings. The topological polar surface area (TPSA) is 54.4 Å². The molecule has 2 bridgehead atoms. The molecule has 4 saturated carbocycles. The lowest BCUT2D eigenvalue weighted by molar-refractivity contribution is -0.179. The molecular formula is C13H18O3. The molecule has 4 atom stereocenters. The number of hydrogen-bond acceptors (Lipinski definition) is 2. The van der Waals surface area contributed by atoms with Gasteiger partial charge in [-0.1, -0.05) is 20.8 Å². The molecule has 0 saturated heterocycles. The summed E-state index contributed by atoms with van der Waals surface area (Å²) in [5.41, 5.74) is -0.491. The van der Waals surface area contributed by atoms with Gasteiger partial charge in [-0.3, -0.25) is 9.59 Å². The van der Waals surface area contributed by atoms with Crippen molar-refractivity contribution in [3.05, 3.63) is 0 Å². The monoisotopic (exact) mass is 222 g/mol. The first-order chi connectivity index (χ1) is 7.29. The van der Waals surface area contributed by atoms with Crippen molar-refractivity contribution >= 4 is 11.8 Å². The van der Waals surface area contributed by atoms with Crippen molar-refractivity contribution in [1.29, 1.82) is 0 Å². The van der Waals surface area contributed by atoms with Crippen LogP contribution < -0.4 is 0 Å². The van der Waals surface area contributed by atoms with E-state index in [9.17, 15) is 9.59 Å². The van der Waals surface area contributed by atoms with Crippen LogP contribution in [0.15, 0.2) is 0 Å². The normalized spacial score (nSPS) is 52.3. The number of fused-ring (bicyclic) bond motifs is 1. The molecule has 0 aliphatic heterocycles. The predicted octanol–water partition coefficient (Wildman–Crippen LogP) is 2.10. The molecule has 16 heavy (non-hydrogen) atoms. The molecule has 1 N–H and O–H groups in total. The summed E-state index contributed by atoms with van der Waals surface area (Å²) in [6.07, 6.45) is 2.56. The van der Waals surface area contributed by atoms with E-state index in [-0.39, 0.29) is 28.1 Å². The first kappa shape index (κ1) is 10.3. The first-order valence-electron chi connectivity index (χ1n) is 6.07. The highest BCUT2D eigenvalue weighted by Gasteiger charge is 2.83. The maximum absolute atomic E-state index is 12.3. The van der Waals surface area contributed by atoms with Crippen molar-refractivity contribution in [2.75, 3.05) is 0 Å². The first-order valence-corrected chi connectivity index (χ1v) is 6.07. The molecule has 0 unspecified atom stereocenters. The number of rotatable bonds is 2. The van der Waals surface area contributed by atoms with Gasteiger partial charge in [-0.25, -0.2) is 0 Å². The zero-order chi connectivity index (χ0) is 11.9. The van der Waals surface area contributed by atoms with E-state index in [0.29, 0.717) is 12.2 Å². The van der Waals surface area contributed by atoms with E-state index in [1.807, 2.05) is 0 Å². The summed E-state index contributed by atoms with van der Waals surface area (Å²) in [6, 6.07) is 0. The SMILES string of the molecule is CC1(C)[C@@]2(C)CC[C@@]1([C@@H]1C[C@H]1C(=O)O)C2=O. The zero-order valence-corrected chi connectivity index (χ0v) is 10.0. The Bertz CT molecular complexity index is 411. The van der Waals surface area contributed by atoms with Crippen LogP contribution in [0.4, 0.5) is 0 Å². The highest BCUT2D eigenvalue weighted by atomic mass is 16.4. The third-order valence-corrected chi connectivity index (χ3v) is 6.16. The van der Waals surface area contributed by atoms with Gasteiger partial charge in [0.15, 0.2) is 0 Å². The lowest BCUT2D eigenvalue weighted by Crippen LogP contribution is -2.65. The van der Waals surface area contributed by atoms with Crippen molar-refractivity contribution in [2.45, 2.75) is 40.0 Å². The minimum Gasteiger partial charge on any atom is -0.481 e. The standard InChI is InChI=1S/C13H18O3/c1-11(2)12(3)4-5-13(11,10(12)16)8-6-7(8)9(14)15/h7-8H,4-6H2,1-3H3,(H,14,15)/t7-,8-,12+,13-/m1/s1. The van der Waals surface area contributed by atoms with E-state index in [1.54, 1.807) is 0 Å². The van der Waals surface area contributed by atoms with E-state index in [2.05, 4.69) is 20.8 Å². The molecule has 3 nitrogen and oxygen atoms in total. The second kappa shape index (κ2) is 2.36. The van der Waals surface area contributed by atoms with Gasteiger partial charge in [0.2, 0.25) is 0 Å². The fourth-order valence-corrected chi connectivity index (χ4v) is 4.62. The average Bonchev–Trinajstić information content (AvgIpc) is 2.89. The summed E-state index contributed by atoms with van der Waals surface area (Å²) < 4.78 is 0. The summed E-state index contributed by atoms with van der Waals surface area (Å²) in [6.45, 7) is 6.36. The van der Waals surface area contributed by atoms with Gasteiger partial charge in [0.05, 0.1) is 5.92 Å². The van der Waals surface area contributed by atoms with Crippen LogP contribution in [0.5, 0.6) is 0 Å². The second-order valence-corrected chi connectivity index (χ2v) is 6.54. The molecule has 4 fully saturated rings. The second-order valence-electron chi connectivity index (χ2n) is 6.54. The van der Waals surface area contributed by atoms with Crippen molar-refractivity contribution in [3.63, 3.8) is 0 Å². The summed E-state index contributed by atoms with van der Waals surface area (Å²) in [5, 5.41) is 9.03. The molecule has 0 heterocycles. The van der Waals surface area contributed by atoms with E-state index < -0.39 is 5.97 Å². The van der Waals surface area contributed by atoms with Crippen molar-refractivity contribution in [1.82, 2.24) is 0 Å². The van der Waals surface area contributed by atoms with Gasteiger partial charge in [0.25, 0.3) is 0 Å². The molecule has 4 rings (SSSR count). The fourth-order valence-electron chi connectivity index (χ4n) is 4.62. The number of carboxylic acid groups (broad SMARTS) is 1. The maximum Gasteiger partial charge on any atom is 0.306 e. The van der Waals surface area contributed by atoms with Crippen LogP contribution in [0.2, 0.25) is 0 Å². The van der Waals surface area contributed by atoms with Crippen molar-refractivity contribution in [2.24, 2.45) is 28.1 Å². The summed E-state index contributed by atoms with van der Waals surface area (Å²) in [7, 11) is 0. The van der Waals surface area contributed by atoms with Crippen molar-refractivity contribution in [3.8, 4) is 0 Å². The Balaban J connectivity index is 1.97. The number of hydrogen-bond donors (Lipinski definition) is 1. The molecule has 88 valence electrons. The lowest BCUT2D eigenvalue weighted by atomic mass is 9.41. The third kappa shape index (κ3) is 0.712. The third-order valence-electron chi connectivity index (χ3n) is 6.16. The van der Waals surface area contributed by atoms with Gasteiger partial charge in [-0.05, 0) is 30.6 Å². The Labute approximate surface area is 95.2 Å². The van der Waals surface area contributed by atoms with Crippen LogP contribution in [0, 0.1) is 28.1 Å². The molecular weight excluding hydrogens is 204 g/mol. The van der Waals surface area contributed by atoms with Crippen LogP contribution in [0.1, 0.15) is 40.0 Å². The largest absolute Gasteiger partial charge is 0.481 e. The van der Waals surface area contributed by atoms with Gasteiger partial charge in [-0.15, -0.1) is 0 Å². The zero-order valence-electron chi connectivity index (χ0n) is 10.0. The summed E-state index contributed by atoms with van der Waals surface area (Å²) in [5.74, 6) is -0.517. The van der Waals surface area contributed by atoms with E-state index in [0.717, 1.165) is 12.8 Å². The molecule has 0 aromatic heterocycles. The molecule has 0 aromatic carbocycles. The summed E-state index contributed by atoms with van der Waals surface area (Å²) in [4.78, 5) is 23.3. The quantitative estimate of drug-likeness (QED) is 0.778. The highest BCUT2D eigenvalue weighted by molar-refractivity contribution is 6.02. The van der Waals surface area contributed by atoms with Crippen LogP contribution in [-0.4, -0.2) is 16.9 Å². The number of carboxylic acids is 1. The van der Waals surface area contributed by atoms with Crippen LogP contribution >= 0.6 is 0 Å². The fraction of sp³-hybridized carbons (Fsp3) is 0.846. The van der Waals surface area contributed by atoms with Gasteiger partial charge in [0, 0.05) is 10.8 Å². The number of Topliss-reactive ketones (excluding diaryl/α,β-unsaturated/α-hetero) is 1. The number of ketones is 1. The van der Waals surface area contributed by atoms with E-state index in [4.69, 9.17) is 5.11 Å². The minimum atomic E-state index is -0.719. The summed E-state index contributed by atoms with van der Waals surface area (Å²) >= 11 is 0. The lowest BCUT2D eigenvalue weighted by Gasteiger charge is -2.60. The number of carbonyl (C=O) groups excluding carboxylic acids is 1. The van der Waals surface area contributed by atoms with Crippen LogP contribution in [-0.2, 0) is 9.59 Å². The number of carbonyl (C=O) groups is 2. The molecule has 0 radical (unpaired) electrons. The smallest absolute Gasteiger partial charge is 0.306 e. The molecule has 0 aromatic rings. The predicted molar refractivity (Wildman–Crippen MR) is 57.8 cm³/mol. The molecule has 4 aliphatic carbocycles. The molecule has 0 spiro atoms. The Morgan fingerprint density at radius 3 is 2.25 bits per heavy atom. The van der Waals surface area contributed by atoms with Crippen LogP contribution in [0.3, 0.4) is 0 Å². The van der Waals surface area contributed by atoms with Gasteiger partial charge in [0.1, 0.15) is 5.78 Å². The Morgan fingerprint density at radius 2 is 1.94 bits per heavy atom. The average molecular weight is 222 g/mol. The maximum atomic E-state index is 12.3. The van der Waals surface area contributed by atoms with E-state index in [1.165, 1.54) is 0 Å². The number of aliphatic carboxylic acids is 1. The Morgan fingerprint density at radius 1 is 1.31 bits per heavy atom. The highest BCUT2D eigenvalue weighted by Crippen LogP contribution is 2.81. The van der Waals surface area contributed by atoms with Crippen LogP contribution in [0.25, 0.3) is 0 Å². The van der Waals surface area contributed by atoms with Gasteiger partial charge >= 0.3 is 5.97 Å². The minimum absolute atomic E-state index is 0.00799. The Hall–Kier alpha value is -0.860. The molecule has 0 amide bonds. The van der Waals surface area contributed by atoms with Gasteiger partial charge < -0.3 is 5.11 Å². The van der Waals surface area contributed by atoms with Crippen molar-refractivity contribution < 1.29 is 14.7 Å². The van der Waals surface area contributed by atoms with Gasteiger partial charge in [-0.2, -0.15) is 0 Å². The Kier molecular flexibility index (Phi) is 1.52.